The highest BCUT2D eigenvalue weighted by atomic mass is 31.2. The first-order valence-corrected chi connectivity index (χ1v) is 14.9. The Kier molecular flexibility index (Phi) is 13.1. The monoisotopic (exact) mass is 535 g/mol. The molecular weight excluding hydrogens is 500 g/mol. The molecule has 0 aliphatic carbocycles. The quantitative estimate of drug-likeness (QED) is 0.225. The van der Waals surface area contributed by atoms with E-state index in [4.69, 9.17) is 19.3 Å². The van der Waals surface area contributed by atoms with Gasteiger partial charge in [-0.05, 0) is 48.3 Å². The maximum absolute atomic E-state index is 9.15. The number of aliphatic hydroxyl groups excluding tert-OH is 2. The first-order valence-electron chi connectivity index (χ1n) is 12.3. The Morgan fingerprint density at radius 1 is 0.595 bits per heavy atom. The number of hydrogen-bond donors (Lipinski definition) is 2. The molecule has 4 rings (SSSR count). The molecule has 0 atom stereocenters. The van der Waals surface area contributed by atoms with E-state index in [0.717, 1.165) is 11.5 Å². The summed E-state index contributed by atoms with van der Waals surface area (Å²) < 4.78 is 13.9. The second kappa shape index (κ2) is 16.9. The standard InChI is InChI=1S/C15H18NOP.C15H17O3P/c1-16(12-13-17)18(14-8-4-2-5-9-14)15-10-6-3-7-11-15;16-12-7-13-19(17-14-8-3-1-4-9-14)18-15-10-5-2-6-11-15/h2-11,17H,12-13H2,1H3;1-6,8-11,16H,7,12-13H2. The summed E-state index contributed by atoms with van der Waals surface area (Å²) in [6, 6.07) is 40.2. The van der Waals surface area contributed by atoms with Crippen molar-refractivity contribution in [1.29, 1.82) is 0 Å². The molecule has 0 aliphatic rings. The Balaban J connectivity index is 0.000000206. The van der Waals surface area contributed by atoms with E-state index < -0.39 is 16.4 Å². The molecule has 0 radical (unpaired) electrons. The first-order chi connectivity index (χ1) is 18.2. The maximum Gasteiger partial charge on any atom is 0.290 e. The van der Waals surface area contributed by atoms with Crippen LogP contribution in [-0.4, -0.2) is 47.9 Å². The largest absolute Gasteiger partial charge is 0.439 e. The molecule has 5 nitrogen and oxygen atoms in total. The minimum absolute atomic E-state index is 0.148. The number of nitrogens with zero attached hydrogens (tertiary/aromatic N) is 1. The van der Waals surface area contributed by atoms with Gasteiger partial charge in [0.05, 0.1) is 6.61 Å². The molecule has 0 spiro atoms. The van der Waals surface area contributed by atoms with Crippen LogP contribution in [0.4, 0.5) is 0 Å². The van der Waals surface area contributed by atoms with E-state index in [1.807, 2.05) is 72.8 Å². The lowest BCUT2D eigenvalue weighted by Crippen LogP contribution is -2.27. The third-order valence-corrected chi connectivity index (χ3v) is 9.13. The van der Waals surface area contributed by atoms with Crippen molar-refractivity contribution in [2.24, 2.45) is 0 Å². The topological polar surface area (TPSA) is 62.2 Å². The lowest BCUT2D eigenvalue weighted by molar-refractivity contribution is 0.271. The van der Waals surface area contributed by atoms with Crippen molar-refractivity contribution in [2.75, 3.05) is 33.0 Å². The second-order valence-corrected chi connectivity index (χ2v) is 11.8. The van der Waals surface area contributed by atoms with Gasteiger partial charge in [-0.25, -0.2) is 0 Å². The summed E-state index contributed by atoms with van der Waals surface area (Å²) >= 11 is 0. The maximum atomic E-state index is 9.15. The van der Waals surface area contributed by atoms with E-state index in [1.165, 1.54) is 10.6 Å². The highest BCUT2D eigenvalue weighted by Gasteiger charge is 2.18. The molecular formula is C30H35NO4P2. The minimum Gasteiger partial charge on any atom is -0.439 e. The summed E-state index contributed by atoms with van der Waals surface area (Å²) in [6.45, 7) is 1.03. The van der Waals surface area contributed by atoms with E-state index in [9.17, 15) is 0 Å². The molecule has 4 aromatic carbocycles. The van der Waals surface area contributed by atoms with E-state index in [0.29, 0.717) is 19.1 Å². The molecule has 0 saturated carbocycles. The number of likely N-dealkylation sites (N-methyl/N-ethyl adjacent to an activating group) is 1. The minimum atomic E-state index is -1.08. The van der Waals surface area contributed by atoms with Crippen LogP contribution in [0, 0.1) is 0 Å². The smallest absolute Gasteiger partial charge is 0.290 e. The molecule has 0 heterocycles. The zero-order valence-corrected chi connectivity index (χ0v) is 22.9. The average Bonchev–Trinajstić information content (AvgIpc) is 2.95. The molecule has 0 unspecified atom stereocenters. The Labute approximate surface area is 223 Å². The van der Waals surface area contributed by atoms with Crippen LogP contribution in [0.3, 0.4) is 0 Å². The van der Waals surface area contributed by atoms with Gasteiger partial charge in [-0.3, -0.25) is 4.67 Å². The predicted octanol–water partition coefficient (Wildman–Crippen LogP) is 5.80. The lowest BCUT2D eigenvalue weighted by Gasteiger charge is -2.28. The van der Waals surface area contributed by atoms with Gasteiger partial charge in [0.25, 0.3) is 8.38 Å². The van der Waals surface area contributed by atoms with Gasteiger partial charge in [0.2, 0.25) is 0 Å². The molecule has 7 heteroatoms. The van der Waals surface area contributed by atoms with Crippen LogP contribution in [0.25, 0.3) is 0 Å². The first kappa shape index (κ1) is 28.8. The molecule has 0 fully saturated rings. The van der Waals surface area contributed by atoms with Crippen LogP contribution in [0.5, 0.6) is 11.5 Å². The second-order valence-electron chi connectivity index (χ2n) is 8.03. The molecule has 0 saturated heterocycles. The van der Waals surface area contributed by atoms with E-state index in [1.54, 1.807) is 0 Å². The van der Waals surface area contributed by atoms with Gasteiger partial charge >= 0.3 is 0 Å². The molecule has 194 valence electrons. The molecule has 0 bridgehead atoms. The third-order valence-electron chi connectivity index (χ3n) is 5.17. The van der Waals surface area contributed by atoms with Gasteiger partial charge in [0, 0.05) is 27.4 Å². The highest BCUT2D eigenvalue weighted by Crippen LogP contribution is 2.40. The molecule has 0 aliphatic heterocycles. The van der Waals surface area contributed by atoms with E-state index in [-0.39, 0.29) is 13.2 Å². The Morgan fingerprint density at radius 3 is 1.38 bits per heavy atom. The summed E-state index contributed by atoms with van der Waals surface area (Å²) in [6.07, 6.45) is 1.38. The van der Waals surface area contributed by atoms with Gasteiger partial charge in [-0.1, -0.05) is 97.1 Å². The Hall–Kier alpha value is -2.78. The molecule has 4 aromatic rings. The van der Waals surface area contributed by atoms with Crippen molar-refractivity contribution in [3.05, 3.63) is 121 Å². The number of benzene rings is 4. The molecule has 37 heavy (non-hydrogen) atoms. The Bertz CT molecular complexity index is 1020. The highest BCUT2D eigenvalue weighted by molar-refractivity contribution is 7.70. The van der Waals surface area contributed by atoms with Gasteiger partial charge in [0.1, 0.15) is 11.5 Å². The number of rotatable bonds is 12. The van der Waals surface area contributed by atoms with E-state index in [2.05, 4.69) is 60.2 Å². The SMILES string of the molecule is CN(CCO)P(c1ccccc1)c1ccccc1.OCCCP(Oc1ccccc1)Oc1ccccc1. The zero-order valence-electron chi connectivity index (χ0n) is 21.1. The van der Waals surface area contributed by atoms with Crippen molar-refractivity contribution in [2.45, 2.75) is 6.42 Å². The van der Waals surface area contributed by atoms with E-state index >= 15 is 0 Å². The van der Waals surface area contributed by atoms with Crippen molar-refractivity contribution >= 4 is 27.1 Å². The summed E-state index contributed by atoms with van der Waals surface area (Å²) in [5, 5.41) is 20.7. The molecule has 0 aromatic heterocycles. The fourth-order valence-corrected chi connectivity index (χ4v) is 7.05. The van der Waals surface area contributed by atoms with Gasteiger partial charge in [-0.2, -0.15) is 0 Å². The summed E-state index contributed by atoms with van der Waals surface area (Å²) in [7, 11) is 0.448. The van der Waals surface area contributed by atoms with Crippen LogP contribution in [0.2, 0.25) is 0 Å². The number of hydrogen-bond acceptors (Lipinski definition) is 5. The fraction of sp³-hybridized carbons (Fsp3) is 0.200. The van der Waals surface area contributed by atoms with Crippen LogP contribution in [0.15, 0.2) is 121 Å². The average molecular weight is 536 g/mol. The van der Waals surface area contributed by atoms with Crippen LogP contribution in [0.1, 0.15) is 6.42 Å². The van der Waals surface area contributed by atoms with Gasteiger partial charge < -0.3 is 19.3 Å². The summed E-state index contributed by atoms with van der Waals surface area (Å²) in [4.78, 5) is 0. The fourth-order valence-electron chi connectivity index (χ4n) is 3.43. The van der Waals surface area contributed by atoms with Gasteiger partial charge in [-0.15, -0.1) is 0 Å². The third kappa shape index (κ3) is 10.2. The molecule has 0 amide bonds. The van der Waals surface area contributed by atoms with Crippen molar-refractivity contribution in [3.63, 3.8) is 0 Å². The van der Waals surface area contributed by atoms with Crippen LogP contribution in [-0.2, 0) is 0 Å². The Morgan fingerprint density at radius 2 is 1.00 bits per heavy atom. The predicted molar refractivity (Wildman–Crippen MR) is 156 cm³/mol. The number of aliphatic hydroxyl groups is 2. The normalized spacial score (nSPS) is 10.8. The zero-order chi connectivity index (χ0) is 26.1. The van der Waals surface area contributed by atoms with Crippen molar-refractivity contribution in [1.82, 2.24) is 4.67 Å². The van der Waals surface area contributed by atoms with Crippen molar-refractivity contribution in [3.8, 4) is 11.5 Å². The summed E-state index contributed by atoms with van der Waals surface area (Å²) in [5.41, 5.74) is 0. The lowest BCUT2D eigenvalue weighted by atomic mass is 10.3. The van der Waals surface area contributed by atoms with Crippen LogP contribution >= 0.6 is 16.4 Å². The van der Waals surface area contributed by atoms with Crippen molar-refractivity contribution < 1.29 is 19.3 Å². The van der Waals surface area contributed by atoms with Gasteiger partial charge in [0.15, 0.2) is 0 Å². The van der Waals surface area contributed by atoms with Crippen LogP contribution < -0.4 is 19.7 Å². The number of para-hydroxylation sites is 2. The molecule has 2 N–H and O–H groups in total. The summed E-state index contributed by atoms with van der Waals surface area (Å²) in [5.74, 6) is 1.59.